The van der Waals surface area contributed by atoms with Crippen molar-refractivity contribution in [3.63, 3.8) is 0 Å². The molecule has 0 N–H and O–H groups in total. The lowest BCUT2D eigenvalue weighted by atomic mass is 9.77. The lowest BCUT2D eigenvalue weighted by Crippen LogP contribution is -2.53. The average molecular weight is 336 g/mol. The second-order valence-corrected chi connectivity index (χ2v) is 8.26. The Morgan fingerprint density at radius 1 is 1.52 bits per heavy atom. The van der Waals surface area contributed by atoms with Crippen LogP contribution in [-0.4, -0.2) is 54.8 Å². The molecule has 0 bridgehead atoms. The molecule has 3 aliphatic rings. The number of piperidine rings is 1. The van der Waals surface area contributed by atoms with Gasteiger partial charge in [-0.25, -0.2) is 4.98 Å². The number of fused-ring (bicyclic) bond motifs is 1. The van der Waals surface area contributed by atoms with Crippen LogP contribution in [0.1, 0.15) is 41.2 Å². The molecule has 1 amide bonds. The highest BCUT2D eigenvalue weighted by Crippen LogP contribution is 2.42. The standard InChI is InChI=1S/C17H24N2O3S/c1-12-18-14(9-23-12)16(20)19-6-4-15-17(10-19,5-7-22-15)11-21-8-13-2-3-13/h9,13,15H,2-8,10-11H2,1H3/t15-,17+/m1/s1. The van der Waals surface area contributed by atoms with Gasteiger partial charge >= 0.3 is 0 Å². The quantitative estimate of drug-likeness (QED) is 0.829. The third kappa shape index (κ3) is 3.16. The molecule has 126 valence electrons. The third-order valence-corrected chi connectivity index (χ3v) is 6.11. The van der Waals surface area contributed by atoms with E-state index >= 15 is 0 Å². The molecule has 1 aliphatic carbocycles. The molecule has 3 heterocycles. The van der Waals surface area contributed by atoms with Gasteiger partial charge in [0.2, 0.25) is 0 Å². The summed E-state index contributed by atoms with van der Waals surface area (Å²) in [5, 5.41) is 2.81. The Hall–Kier alpha value is -0.980. The van der Waals surface area contributed by atoms with Gasteiger partial charge in [0.1, 0.15) is 5.69 Å². The van der Waals surface area contributed by atoms with Gasteiger partial charge in [-0.2, -0.15) is 0 Å². The number of nitrogens with zero attached hydrogens (tertiary/aromatic N) is 2. The SMILES string of the molecule is Cc1nc(C(=O)N2CC[C@H]3OCC[C@@]3(COCC3CC3)C2)cs1. The highest BCUT2D eigenvalue weighted by molar-refractivity contribution is 7.09. The van der Waals surface area contributed by atoms with Crippen LogP contribution < -0.4 is 0 Å². The summed E-state index contributed by atoms with van der Waals surface area (Å²) in [5.74, 6) is 0.827. The first-order valence-corrected chi connectivity index (χ1v) is 9.45. The second kappa shape index (κ2) is 6.15. The number of aryl methyl sites for hydroxylation is 1. The number of amides is 1. The summed E-state index contributed by atoms with van der Waals surface area (Å²) in [4.78, 5) is 19.0. The Labute approximate surface area is 141 Å². The van der Waals surface area contributed by atoms with Crippen LogP contribution >= 0.6 is 11.3 Å². The van der Waals surface area contributed by atoms with E-state index in [2.05, 4.69) is 4.98 Å². The zero-order valence-corrected chi connectivity index (χ0v) is 14.4. The molecule has 0 unspecified atom stereocenters. The van der Waals surface area contributed by atoms with Crippen LogP contribution in [0.4, 0.5) is 0 Å². The molecule has 6 heteroatoms. The van der Waals surface area contributed by atoms with E-state index in [1.54, 1.807) is 0 Å². The van der Waals surface area contributed by atoms with Gasteiger partial charge in [-0.15, -0.1) is 11.3 Å². The van der Waals surface area contributed by atoms with E-state index in [4.69, 9.17) is 9.47 Å². The molecule has 1 aromatic rings. The Morgan fingerprint density at radius 3 is 3.13 bits per heavy atom. The number of carbonyl (C=O) groups excluding carboxylic acids is 1. The molecular weight excluding hydrogens is 312 g/mol. The van der Waals surface area contributed by atoms with Gasteiger partial charge in [-0.1, -0.05) is 0 Å². The Bertz CT molecular complexity index is 586. The monoisotopic (exact) mass is 336 g/mol. The summed E-state index contributed by atoms with van der Waals surface area (Å²) in [6, 6.07) is 0. The summed E-state index contributed by atoms with van der Waals surface area (Å²) in [7, 11) is 0. The van der Waals surface area contributed by atoms with Gasteiger partial charge in [0.05, 0.1) is 17.7 Å². The Morgan fingerprint density at radius 2 is 2.39 bits per heavy atom. The fourth-order valence-corrected chi connectivity index (χ4v) is 4.35. The normalized spacial score (nSPS) is 30.5. The minimum atomic E-state index is -0.0200. The van der Waals surface area contributed by atoms with E-state index < -0.39 is 0 Å². The highest BCUT2D eigenvalue weighted by atomic mass is 32.1. The van der Waals surface area contributed by atoms with E-state index in [0.29, 0.717) is 12.3 Å². The van der Waals surface area contributed by atoms with Crippen LogP contribution in [0.15, 0.2) is 5.38 Å². The van der Waals surface area contributed by atoms with Crippen LogP contribution in [0, 0.1) is 18.3 Å². The summed E-state index contributed by atoms with van der Waals surface area (Å²) in [6.45, 7) is 5.80. The van der Waals surface area contributed by atoms with E-state index in [1.807, 2.05) is 17.2 Å². The fourth-order valence-electron chi connectivity index (χ4n) is 3.77. The van der Waals surface area contributed by atoms with Crippen LogP contribution in [0.3, 0.4) is 0 Å². The number of hydrogen-bond acceptors (Lipinski definition) is 5. The predicted molar refractivity (Wildman–Crippen MR) is 87.7 cm³/mol. The van der Waals surface area contributed by atoms with Gasteiger partial charge < -0.3 is 14.4 Å². The molecule has 2 saturated heterocycles. The largest absolute Gasteiger partial charge is 0.380 e. The number of ether oxygens (including phenoxy) is 2. The summed E-state index contributed by atoms with van der Waals surface area (Å²) >= 11 is 1.53. The topological polar surface area (TPSA) is 51.7 Å². The smallest absolute Gasteiger partial charge is 0.273 e. The predicted octanol–water partition coefficient (Wildman–Crippen LogP) is 2.50. The van der Waals surface area contributed by atoms with Crippen LogP contribution in [0.2, 0.25) is 0 Å². The summed E-state index contributed by atoms with van der Waals surface area (Å²) in [6.07, 6.45) is 4.74. The Kier molecular flexibility index (Phi) is 4.15. The minimum absolute atomic E-state index is 0.0200. The fraction of sp³-hybridized carbons (Fsp3) is 0.765. The summed E-state index contributed by atoms with van der Waals surface area (Å²) < 4.78 is 11.9. The van der Waals surface area contributed by atoms with E-state index in [9.17, 15) is 4.79 Å². The maximum atomic E-state index is 12.7. The number of likely N-dealkylation sites (tertiary alicyclic amines) is 1. The van der Waals surface area contributed by atoms with Crippen molar-refractivity contribution in [2.24, 2.45) is 11.3 Å². The van der Waals surface area contributed by atoms with Crippen LogP contribution in [-0.2, 0) is 9.47 Å². The number of thiazole rings is 1. The first kappa shape index (κ1) is 15.5. The molecule has 1 saturated carbocycles. The molecule has 5 nitrogen and oxygen atoms in total. The zero-order valence-electron chi connectivity index (χ0n) is 13.6. The molecular formula is C17H24N2O3S. The highest BCUT2D eigenvalue weighted by Gasteiger charge is 2.49. The molecule has 0 radical (unpaired) electrons. The first-order valence-electron chi connectivity index (χ1n) is 8.57. The van der Waals surface area contributed by atoms with Crippen molar-refractivity contribution >= 4 is 17.2 Å². The van der Waals surface area contributed by atoms with Crippen molar-refractivity contribution in [2.75, 3.05) is 32.9 Å². The van der Waals surface area contributed by atoms with Crippen molar-refractivity contribution in [3.8, 4) is 0 Å². The van der Waals surface area contributed by atoms with Crippen molar-refractivity contribution in [1.82, 2.24) is 9.88 Å². The lowest BCUT2D eigenvalue weighted by molar-refractivity contribution is -0.0581. The molecule has 0 spiro atoms. The van der Waals surface area contributed by atoms with E-state index in [1.165, 1.54) is 24.2 Å². The van der Waals surface area contributed by atoms with Crippen molar-refractivity contribution in [1.29, 1.82) is 0 Å². The molecule has 0 aromatic carbocycles. The second-order valence-electron chi connectivity index (χ2n) is 7.20. The number of aromatic nitrogens is 1. The third-order valence-electron chi connectivity index (χ3n) is 5.33. The Balaban J connectivity index is 1.44. The number of carbonyl (C=O) groups is 1. The number of rotatable bonds is 5. The maximum absolute atomic E-state index is 12.7. The molecule has 23 heavy (non-hydrogen) atoms. The summed E-state index contributed by atoms with van der Waals surface area (Å²) in [5.41, 5.74) is 0.562. The molecule has 2 aliphatic heterocycles. The molecule has 2 atom stereocenters. The van der Waals surface area contributed by atoms with Gasteiger partial charge in [-0.3, -0.25) is 4.79 Å². The lowest BCUT2D eigenvalue weighted by Gasteiger charge is -2.43. The van der Waals surface area contributed by atoms with Gasteiger partial charge in [0.25, 0.3) is 5.91 Å². The minimum Gasteiger partial charge on any atom is -0.380 e. The molecule has 4 rings (SSSR count). The number of hydrogen-bond donors (Lipinski definition) is 0. The van der Waals surface area contributed by atoms with Gasteiger partial charge in [0.15, 0.2) is 0 Å². The molecule has 1 aromatic heterocycles. The van der Waals surface area contributed by atoms with Crippen LogP contribution in [0.25, 0.3) is 0 Å². The maximum Gasteiger partial charge on any atom is 0.273 e. The van der Waals surface area contributed by atoms with Crippen LogP contribution in [0.5, 0.6) is 0 Å². The molecule has 3 fully saturated rings. The first-order chi connectivity index (χ1) is 11.2. The van der Waals surface area contributed by atoms with E-state index in [-0.39, 0.29) is 17.4 Å². The van der Waals surface area contributed by atoms with Crippen molar-refractivity contribution < 1.29 is 14.3 Å². The van der Waals surface area contributed by atoms with E-state index in [0.717, 1.165) is 50.1 Å². The van der Waals surface area contributed by atoms with Gasteiger partial charge in [0, 0.05) is 37.1 Å². The average Bonchev–Trinajstić information content (AvgIpc) is 3.11. The van der Waals surface area contributed by atoms with Gasteiger partial charge in [-0.05, 0) is 38.5 Å². The van der Waals surface area contributed by atoms with Crippen molar-refractivity contribution in [3.05, 3.63) is 16.1 Å². The zero-order chi connectivity index (χ0) is 15.9. The van der Waals surface area contributed by atoms with Crippen molar-refractivity contribution in [2.45, 2.75) is 38.7 Å².